The normalized spacial score (nSPS) is 27.3. The Kier molecular flexibility index (Phi) is 5.55. The molecule has 0 spiro atoms. The summed E-state index contributed by atoms with van der Waals surface area (Å²) in [4.78, 5) is 25.7. The molecule has 1 saturated heterocycles. The van der Waals surface area contributed by atoms with E-state index in [-0.39, 0.29) is 6.04 Å². The number of carbonyl (C=O) groups is 2. The number of ether oxygens (including phenoxy) is 1. The molecule has 0 aromatic rings. The van der Waals surface area contributed by atoms with Gasteiger partial charge in [0.05, 0.1) is 5.92 Å². The molecule has 6 heteroatoms. The number of hydrogen-bond acceptors (Lipinski definition) is 4. The van der Waals surface area contributed by atoms with Crippen molar-refractivity contribution >= 4 is 12.1 Å². The van der Waals surface area contributed by atoms with Crippen LogP contribution in [0.1, 0.15) is 53.4 Å². The molecule has 3 atom stereocenters. The second-order valence-electron chi connectivity index (χ2n) is 7.88. The number of aliphatic carboxylic acids is 1. The first-order chi connectivity index (χ1) is 10.7. The predicted molar refractivity (Wildman–Crippen MR) is 87.3 cm³/mol. The fourth-order valence-corrected chi connectivity index (χ4v) is 3.53. The number of amides is 1. The quantitative estimate of drug-likeness (QED) is 0.811. The lowest BCUT2D eigenvalue weighted by molar-refractivity contribution is -0.144. The molecule has 0 bridgehead atoms. The van der Waals surface area contributed by atoms with Crippen molar-refractivity contribution in [3.05, 3.63) is 0 Å². The molecule has 23 heavy (non-hydrogen) atoms. The van der Waals surface area contributed by atoms with E-state index >= 15 is 0 Å². The number of likely N-dealkylation sites (tertiary alicyclic amines) is 1. The van der Waals surface area contributed by atoms with E-state index < -0.39 is 23.6 Å². The van der Waals surface area contributed by atoms with Gasteiger partial charge in [0.2, 0.25) is 0 Å². The van der Waals surface area contributed by atoms with Crippen molar-refractivity contribution in [3.8, 4) is 0 Å². The highest BCUT2D eigenvalue weighted by Gasteiger charge is 2.40. The first-order valence-electron chi connectivity index (χ1n) is 8.66. The maximum atomic E-state index is 12.0. The summed E-state index contributed by atoms with van der Waals surface area (Å²) in [5.74, 6) is -0.525. The predicted octanol–water partition coefficient (Wildman–Crippen LogP) is 2.47. The van der Waals surface area contributed by atoms with E-state index in [2.05, 4.69) is 17.1 Å². The van der Waals surface area contributed by atoms with Crippen LogP contribution in [0.3, 0.4) is 0 Å². The van der Waals surface area contributed by atoms with E-state index in [4.69, 9.17) is 4.74 Å². The second kappa shape index (κ2) is 7.07. The number of carboxylic acids is 1. The topological polar surface area (TPSA) is 78.9 Å². The lowest BCUT2D eigenvalue weighted by Gasteiger charge is -2.41. The standard InChI is InChI=1S/C17H30N2O4/c1-5-14(11-6-7-11)19-9-12(15(20)21)8-13(10-19)18-16(22)23-17(2,3)4/h11-14H,5-10H2,1-4H3,(H,18,22)(H,20,21). The number of alkyl carbamates (subject to hydrolysis) is 1. The van der Waals surface area contributed by atoms with Crippen molar-refractivity contribution < 1.29 is 19.4 Å². The van der Waals surface area contributed by atoms with Gasteiger partial charge in [-0.2, -0.15) is 0 Å². The van der Waals surface area contributed by atoms with Crippen LogP contribution < -0.4 is 5.32 Å². The third-order valence-corrected chi connectivity index (χ3v) is 4.60. The summed E-state index contributed by atoms with van der Waals surface area (Å²) >= 11 is 0. The Balaban J connectivity index is 2.00. The van der Waals surface area contributed by atoms with Gasteiger partial charge in [0.15, 0.2) is 0 Å². The van der Waals surface area contributed by atoms with Crippen LogP contribution in [-0.2, 0) is 9.53 Å². The molecule has 0 radical (unpaired) electrons. The summed E-state index contributed by atoms with van der Waals surface area (Å²) in [6.45, 7) is 8.90. The molecule has 1 saturated carbocycles. The van der Waals surface area contributed by atoms with Crippen molar-refractivity contribution in [2.45, 2.75) is 71.1 Å². The fraction of sp³-hybridized carbons (Fsp3) is 0.882. The Morgan fingerprint density at radius 1 is 1.30 bits per heavy atom. The summed E-state index contributed by atoms with van der Waals surface area (Å²) in [6.07, 6.45) is 3.49. The summed E-state index contributed by atoms with van der Waals surface area (Å²) in [5, 5.41) is 12.3. The molecule has 0 aromatic carbocycles. The number of nitrogens with zero attached hydrogens (tertiary/aromatic N) is 1. The molecule has 6 nitrogen and oxygen atoms in total. The molecule has 132 valence electrons. The Labute approximate surface area is 138 Å². The molecule has 0 aromatic heterocycles. The van der Waals surface area contributed by atoms with Crippen LogP contribution in [0.4, 0.5) is 4.79 Å². The fourth-order valence-electron chi connectivity index (χ4n) is 3.53. The van der Waals surface area contributed by atoms with Crippen molar-refractivity contribution in [2.75, 3.05) is 13.1 Å². The van der Waals surface area contributed by atoms with Crippen molar-refractivity contribution in [3.63, 3.8) is 0 Å². The van der Waals surface area contributed by atoms with E-state index in [0.717, 1.165) is 6.42 Å². The molecular formula is C17H30N2O4. The Morgan fingerprint density at radius 2 is 1.96 bits per heavy atom. The molecule has 2 N–H and O–H groups in total. The zero-order chi connectivity index (χ0) is 17.2. The largest absolute Gasteiger partial charge is 0.481 e. The molecular weight excluding hydrogens is 296 g/mol. The minimum atomic E-state index is -0.781. The molecule has 1 amide bonds. The maximum absolute atomic E-state index is 12.0. The summed E-state index contributed by atoms with van der Waals surface area (Å²) < 4.78 is 5.30. The lowest BCUT2D eigenvalue weighted by Crippen LogP contribution is -2.56. The SMILES string of the molecule is CCC(C1CC1)N1CC(NC(=O)OC(C)(C)C)CC(C(=O)O)C1. The third kappa shape index (κ3) is 5.37. The zero-order valence-corrected chi connectivity index (χ0v) is 14.7. The van der Waals surface area contributed by atoms with Crippen LogP contribution in [-0.4, -0.2) is 52.8 Å². The number of carboxylic acid groups (broad SMARTS) is 1. The van der Waals surface area contributed by atoms with Crippen LogP contribution in [0.5, 0.6) is 0 Å². The molecule has 2 rings (SSSR count). The van der Waals surface area contributed by atoms with Crippen LogP contribution in [0.15, 0.2) is 0 Å². The molecule has 3 unspecified atom stereocenters. The van der Waals surface area contributed by atoms with E-state index in [1.54, 1.807) is 0 Å². The van der Waals surface area contributed by atoms with E-state index in [9.17, 15) is 14.7 Å². The van der Waals surface area contributed by atoms with Gasteiger partial charge in [0, 0.05) is 25.2 Å². The van der Waals surface area contributed by atoms with Gasteiger partial charge in [-0.05, 0) is 52.4 Å². The molecule has 1 aliphatic heterocycles. The number of nitrogens with one attached hydrogen (secondary N) is 1. The van der Waals surface area contributed by atoms with Crippen LogP contribution in [0.2, 0.25) is 0 Å². The maximum Gasteiger partial charge on any atom is 0.407 e. The summed E-state index contributed by atoms with van der Waals surface area (Å²) in [6, 6.07) is 0.257. The van der Waals surface area contributed by atoms with E-state index in [1.165, 1.54) is 12.8 Å². The van der Waals surface area contributed by atoms with Crippen LogP contribution in [0, 0.1) is 11.8 Å². The number of rotatable bonds is 5. The summed E-state index contributed by atoms with van der Waals surface area (Å²) in [7, 11) is 0. The van der Waals surface area contributed by atoms with Gasteiger partial charge in [-0.15, -0.1) is 0 Å². The highest BCUT2D eigenvalue weighted by Crippen LogP contribution is 2.38. The van der Waals surface area contributed by atoms with Gasteiger partial charge in [-0.3, -0.25) is 9.69 Å². The second-order valence-corrected chi connectivity index (χ2v) is 7.88. The van der Waals surface area contributed by atoms with Gasteiger partial charge in [-0.1, -0.05) is 6.92 Å². The molecule has 2 fully saturated rings. The minimum Gasteiger partial charge on any atom is -0.481 e. The van der Waals surface area contributed by atoms with Crippen molar-refractivity contribution in [2.24, 2.45) is 11.8 Å². The van der Waals surface area contributed by atoms with Gasteiger partial charge in [-0.25, -0.2) is 4.79 Å². The Hall–Kier alpha value is -1.30. The average molecular weight is 326 g/mol. The number of piperidine rings is 1. The van der Waals surface area contributed by atoms with E-state index in [0.29, 0.717) is 31.5 Å². The highest BCUT2D eigenvalue weighted by molar-refractivity contribution is 5.71. The van der Waals surface area contributed by atoms with Crippen molar-refractivity contribution in [1.29, 1.82) is 0 Å². The molecule has 1 heterocycles. The number of hydrogen-bond donors (Lipinski definition) is 2. The first kappa shape index (κ1) is 18.0. The molecule has 1 aliphatic carbocycles. The van der Waals surface area contributed by atoms with Crippen molar-refractivity contribution in [1.82, 2.24) is 10.2 Å². The third-order valence-electron chi connectivity index (χ3n) is 4.60. The van der Waals surface area contributed by atoms with Gasteiger partial charge < -0.3 is 15.2 Å². The van der Waals surface area contributed by atoms with Gasteiger partial charge in [0.1, 0.15) is 5.60 Å². The smallest absolute Gasteiger partial charge is 0.407 e. The van der Waals surface area contributed by atoms with E-state index in [1.807, 2.05) is 20.8 Å². The lowest BCUT2D eigenvalue weighted by atomic mass is 9.91. The molecule has 2 aliphatic rings. The summed E-state index contributed by atoms with van der Waals surface area (Å²) in [5.41, 5.74) is -0.551. The first-order valence-corrected chi connectivity index (χ1v) is 8.66. The van der Waals surface area contributed by atoms with Crippen LogP contribution >= 0.6 is 0 Å². The van der Waals surface area contributed by atoms with Gasteiger partial charge in [0.25, 0.3) is 0 Å². The zero-order valence-electron chi connectivity index (χ0n) is 14.7. The average Bonchev–Trinajstić information content (AvgIpc) is 3.21. The Morgan fingerprint density at radius 3 is 2.43 bits per heavy atom. The Bertz CT molecular complexity index is 442. The monoisotopic (exact) mass is 326 g/mol. The number of carbonyl (C=O) groups excluding carboxylic acids is 1. The minimum absolute atomic E-state index is 0.174. The van der Waals surface area contributed by atoms with Crippen LogP contribution in [0.25, 0.3) is 0 Å². The highest BCUT2D eigenvalue weighted by atomic mass is 16.6. The van der Waals surface area contributed by atoms with Gasteiger partial charge >= 0.3 is 12.1 Å².